The maximum atomic E-state index is 13.9. The Hall–Kier alpha value is -1.99. The summed E-state index contributed by atoms with van der Waals surface area (Å²) in [5.41, 5.74) is 0.768. The Labute approximate surface area is 168 Å². The number of rotatable bonds is 5. The number of benzene rings is 1. The van der Waals surface area contributed by atoms with Crippen LogP contribution in [-0.4, -0.2) is 34.3 Å². The van der Waals surface area contributed by atoms with E-state index in [2.05, 4.69) is 42.6 Å². The van der Waals surface area contributed by atoms with E-state index in [1.165, 1.54) is 12.3 Å². The minimum absolute atomic E-state index is 0.192. The summed E-state index contributed by atoms with van der Waals surface area (Å²) in [6.45, 7) is 0.598. The van der Waals surface area contributed by atoms with Crippen molar-refractivity contribution >= 4 is 45.0 Å². The van der Waals surface area contributed by atoms with Crippen molar-refractivity contribution in [2.45, 2.75) is 19.1 Å². The SMILES string of the molecule is N#C[C@@H]1CCOC[C@H]1Nc1nc(Nc2cc(F)c(Br)c(CO)c2)ncc1Cl. The van der Waals surface area contributed by atoms with Gasteiger partial charge in [0.05, 0.1) is 41.9 Å². The number of nitriles is 1. The minimum Gasteiger partial charge on any atom is -0.392 e. The highest BCUT2D eigenvalue weighted by atomic mass is 79.9. The van der Waals surface area contributed by atoms with Gasteiger partial charge in [0.15, 0.2) is 5.82 Å². The maximum absolute atomic E-state index is 13.9. The molecule has 0 unspecified atom stereocenters. The van der Waals surface area contributed by atoms with Gasteiger partial charge in [0.25, 0.3) is 0 Å². The van der Waals surface area contributed by atoms with Gasteiger partial charge in [-0.05, 0) is 40.0 Å². The molecule has 27 heavy (non-hydrogen) atoms. The van der Waals surface area contributed by atoms with E-state index in [1.54, 1.807) is 6.07 Å². The van der Waals surface area contributed by atoms with Crippen molar-refractivity contribution < 1.29 is 14.2 Å². The molecule has 2 aromatic rings. The average molecular weight is 457 g/mol. The van der Waals surface area contributed by atoms with Crippen molar-refractivity contribution in [3.8, 4) is 6.07 Å². The van der Waals surface area contributed by atoms with Gasteiger partial charge in [-0.25, -0.2) is 9.37 Å². The number of nitrogens with zero attached hydrogens (tertiary/aromatic N) is 3. The summed E-state index contributed by atoms with van der Waals surface area (Å²) in [6, 6.07) is 4.86. The Kier molecular flexibility index (Phi) is 6.44. The summed E-state index contributed by atoms with van der Waals surface area (Å²) in [5, 5.41) is 24.9. The average Bonchev–Trinajstić information content (AvgIpc) is 2.67. The lowest BCUT2D eigenvalue weighted by atomic mass is 9.96. The number of aromatic nitrogens is 2. The van der Waals surface area contributed by atoms with E-state index in [9.17, 15) is 14.8 Å². The minimum atomic E-state index is -0.521. The molecule has 7 nitrogen and oxygen atoms in total. The van der Waals surface area contributed by atoms with Gasteiger partial charge in [-0.1, -0.05) is 11.6 Å². The molecule has 0 amide bonds. The molecule has 10 heteroatoms. The third kappa shape index (κ3) is 4.65. The van der Waals surface area contributed by atoms with Crippen molar-refractivity contribution in [2.75, 3.05) is 23.8 Å². The topological polar surface area (TPSA) is 103 Å². The van der Waals surface area contributed by atoms with Crippen molar-refractivity contribution in [3.05, 3.63) is 39.2 Å². The van der Waals surface area contributed by atoms with Crippen LogP contribution in [0.4, 0.5) is 21.8 Å². The maximum Gasteiger partial charge on any atom is 0.229 e. The quantitative estimate of drug-likeness (QED) is 0.631. The number of halogens is 3. The van der Waals surface area contributed by atoms with Crippen LogP contribution in [0.2, 0.25) is 5.02 Å². The third-order valence-corrected chi connectivity index (χ3v) is 5.28. The van der Waals surface area contributed by atoms with Gasteiger partial charge in [0.2, 0.25) is 5.95 Å². The molecule has 1 aromatic heterocycles. The van der Waals surface area contributed by atoms with Crippen LogP contribution in [0.5, 0.6) is 0 Å². The van der Waals surface area contributed by atoms with Crippen LogP contribution in [-0.2, 0) is 11.3 Å². The molecule has 2 atom stereocenters. The zero-order valence-corrected chi connectivity index (χ0v) is 16.4. The first kappa shape index (κ1) is 19.8. The highest BCUT2D eigenvalue weighted by molar-refractivity contribution is 9.10. The molecule has 1 aromatic carbocycles. The molecule has 0 spiro atoms. The number of nitrogens with one attached hydrogen (secondary N) is 2. The fraction of sp³-hybridized carbons (Fsp3) is 0.353. The normalized spacial score (nSPS) is 19.4. The van der Waals surface area contributed by atoms with E-state index in [0.717, 1.165) is 0 Å². The summed E-state index contributed by atoms with van der Waals surface area (Å²) in [7, 11) is 0. The fourth-order valence-corrected chi connectivity index (χ4v) is 3.20. The lowest BCUT2D eigenvalue weighted by molar-refractivity contribution is 0.0698. The van der Waals surface area contributed by atoms with Crippen LogP contribution in [0, 0.1) is 23.1 Å². The third-order valence-electron chi connectivity index (χ3n) is 4.12. The lowest BCUT2D eigenvalue weighted by Gasteiger charge is -2.28. The number of hydrogen-bond donors (Lipinski definition) is 3. The van der Waals surface area contributed by atoms with E-state index >= 15 is 0 Å². The second-order valence-corrected chi connectivity index (χ2v) is 7.15. The standard InChI is InChI=1S/C17H16BrClFN5O2/c18-15-10(7-26)3-11(4-13(15)20)23-17-22-6-12(19)16(25-17)24-14-8-27-2-1-9(14)5-21/h3-4,6,9,14,26H,1-2,7-8H2,(H2,22,23,24,25)/t9-,14+/m0/s1. The summed E-state index contributed by atoms with van der Waals surface area (Å²) < 4.78 is 19.6. The Balaban J connectivity index is 1.81. The number of aliphatic hydroxyl groups is 1. The van der Waals surface area contributed by atoms with E-state index < -0.39 is 5.82 Å². The summed E-state index contributed by atoms with van der Waals surface area (Å²) in [5.74, 6) is -0.191. The number of ether oxygens (including phenoxy) is 1. The lowest BCUT2D eigenvalue weighted by Crippen LogP contribution is -2.38. The molecule has 142 valence electrons. The molecule has 2 heterocycles. The van der Waals surface area contributed by atoms with Gasteiger partial charge in [0, 0.05) is 12.3 Å². The Morgan fingerprint density at radius 3 is 3.04 bits per heavy atom. The highest BCUT2D eigenvalue weighted by Crippen LogP contribution is 2.28. The van der Waals surface area contributed by atoms with Crippen molar-refractivity contribution in [1.82, 2.24) is 9.97 Å². The van der Waals surface area contributed by atoms with E-state index in [0.29, 0.717) is 41.7 Å². The van der Waals surface area contributed by atoms with Crippen LogP contribution < -0.4 is 10.6 Å². The highest BCUT2D eigenvalue weighted by Gasteiger charge is 2.26. The molecule has 3 rings (SSSR count). The number of hydrogen-bond acceptors (Lipinski definition) is 7. The van der Waals surface area contributed by atoms with E-state index in [4.69, 9.17) is 16.3 Å². The van der Waals surface area contributed by atoms with Crippen molar-refractivity contribution in [3.63, 3.8) is 0 Å². The van der Waals surface area contributed by atoms with Gasteiger partial charge in [-0.15, -0.1) is 0 Å². The summed E-state index contributed by atoms with van der Waals surface area (Å²) in [6.07, 6.45) is 2.04. The van der Waals surface area contributed by atoms with Gasteiger partial charge in [-0.3, -0.25) is 0 Å². The Morgan fingerprint density at radius 1 is 1.48 bits per heavy atom. The van der Waals surface area contributed by atoms with Crippen LogP contribution in [0.1, 0.15) is 12.0 Å². The first-order chi connectivity index (χ1) is 13.0. The Morgan fingerprint density at radius 2 is 2.30 bits per heavy atom. The number of aliphatic hydroxyl groups excluding tert-OH is 1. The second-order valence-electron chi connectivity index (χ2n) is 5.95. The van der Waals surface area contributed by atoms with Gasteiger partial charge in [0.1, 0.15) is 10.8 Å². The van der Waals surface area contributed by atoms with Crippen LogP contribution >= 0.6 is 27.5 Å². The molecule has 1 fully saturated rings. The fourth-order valence-electron chi connectivity index (χ4n) is 2.70. The van der Waals surface area contributed by atoms with Crippen LogP contribution in [0.15, 0.2) is 22.8 Å². The molecule has 1 saturated heterocycles. The predicted octanol–water partition coefficient (Wildman–Crippen LogP) is 3.61. The molecule has 3 N–H and O–H groups in total. The molecule has 0 bridgehead atoms. The van der Waals surface area contributed by atoms with Crippen LogP contribution in [0.3, 0.4) is 0 Å². The smallest absolute Gasteiger partial charge is 0.229 e. The van der Waals surface area contributed by atoms with Gasteiger partial charge < -0.3 is 20.5 Å². The Bertz CT molecular complexity index is 879. The molecule has 0 aliphatic carbocycles. The molecule has 1 aliphatic heterocycles. The first-order valence-corrected chi connectivity index (χ1v) is 9.31. The molecule has 0 radical (unpaired) electrons. The van der Waals surface area contributed by atoms with Gasteiger partial charge >= 0.3 is 0 Å². The first-order valence-electron chi connectivity index (χ1n) is 8.14. The molecule has 0 saturated carbocycles. The monoisotopic (exact) mass is 455 g/mol. The number of anilines is 3. The van der Waals surface area contributed by atoms with Crippen molar-refractivity contribution in [2.24, 2.45) is 5.92 Å². The molecule has 1 aliphatic rings. The predicted molar refractivity (Wildman–Crippen MR) is 102 cm³/mol. The molecular formula is C17H16BrClFN5O2. The van der Waals surface area contributed by atoms with Crippen molar-refractivity contribution in [1.29, 1.82) is 5.26 Å². The molecular weight excluding hydrogens is 441 g/mol. The largest absolute Gasteiger partial charge is 0.392 e. The summed E-state index contributed by atoms with van der Waals surface area (Å²) in [4.78, 5) is 8.40. The zero-order chi connectivity index (χ0) is 19.4. The zero-order valence-electron chi connectivity index (χ0n) is 14.0. The van der Waals surface area contributed by atoms with Crippen LogP contribution in [0.25, 0.3) is 0 Å². The summed E-state index contributed by atoms with van der Waals surface area (Å²) >= 11 is 9.25. The second kappa shape index (κ2) is 8.80. The van der Waals surface area contributed by atoms with Gasteiger partial charge in [-0.2, -0.15) is 10.2 Å². The van der Waals surface area contributed by atoms with E-state index in [1.807, 2.05) is 0 Å². The van der Waals surface area contributed by atoms with E-state index in [-0.39, 0.29) is 29.0 Å².